The fourth-order valence-corrected chi connectivity index (χ4v) is 3.76. The van der Waals surface area contributed by atoms with Crippen LogP contribution in [0.2, 0.25) is 0 Å². The van der Waals surface area contributed by atoms with Crippen molar-refractivity contribution in [2.75, 3.05) is 11.9 Å². The maximum absolute atomic E-state index is 12.6. The average Bonchev–Trinajstić information content (AvgIpc) is 3.16. The number of allylic oxidation sites excluding steroid dienone is 3. The van der Waals surface area contributed by atoms with E-state index in [1.807, 2.05) is 31.2 Å². The zero-order chi connectivity index (χ0) is 22.9. The third-order valence-corrected chi connectivity index (χ3v) is 5.56. The quantitative estimate of drug-likeness (QED) is 0.401. The smallest absolute Gasteiger partial charge is 0.263 e. The molecular formula is C24H24N4O3S. The van der Waals surface area contributed by atoms with Gasteiger partial charge in [0.2, 0.25) is 0 Å². The number of pyridine rings is 1. The molecule has 2 heterocycles. The van der Waals surface area contributed by atoms with Crippen molar-refractivity contribution in [1.29, 1.82) is 0 Å². The first kappa shape index (κ1) is 22.9. The van der Waals surface area contributed by atoms with Crippen molar-refractivity contribution in [3.05, 3.63) is 99.5 Å². The van der Waals surface area contributed by atoms with Gasteiger partial charge in [-0.25, -0.2) is 4.98 Å². The highest BCUT2D eigenvalue weighted by atomic mass is 32.1. The van der Waals surface area contributed by atoms with Gasteiger partial charge < -0.3 is 5.32 Å². The molecule has 3 rings (SSSR count). The lowest BCUT2D eigenvalue weighted by Gasteiger charge is -2.06. The molecule has 0 radical (unpaired) electrons. The fourth-order valence-electron chi connectivity index (χ4n) is 2.88. The van der Waals surface area contributed by atoms with Crippen molar-refractivity contribution >= 4 is 28.3 Å². The SMILES string of the molecule is C/C=C\C=C/CCNC(=O)c1sc(NC(=O)c2ccc(-n3ccccc3=O)cc2)nc1C. The monoisotopic (exact) mass is 448 g/mol. The van der Waals surface area contributed by atoms with Gasteiger partial charge in [0.25, 0.3) is 17.4 Å². The molecule has 1 aromatic carbocycles. The van der Waals surface area contributed by atoms with Gasteiger partial charge in [0.15, 0.2) is 5.13 Å². The van der Waals surface area contributed by atoms with Gasteiger partial charge in [0, 0.05) is 30.1 Å². The van der Waals surface area contributed by atoms with Gasteiger partial charge in [-0.05, 0) is 50.6 Å². The summed E-state index contributed by atoms with van der Waals surface area (Å²) in [5.41, 5.74) is 1.50. The molecule has 0 aliphatic heterocycles. The van der Waals surface area contributed by atoms with E-state index in [4.69, 9.17) is 0 Å². The summed E-state index contributed by atoms with van der Waals surface area (Å²) in [5.74, 6) is -0.552. The number of carbonyl (C=O) groups is 2. The molecule has 0 aliphatic rings. The van der Waals surface area contributed by atoms with Crippen LogP contribution in [-0.2, 0) is 0 Å². The molecule has 2 amide bonds. The molecule has 0 unspecified atom stereocenters. The van der Waals surface area contributed by atoms with Crippen molar-refractivity contribution in [3.63, 3.8) is 0 Å². The second kappa shape index (κ2) is 11.0. The van der Waals surface area contributed by atoms with Crippen LogP contribution in [0, 0.1) is 6.92 Å². The molecule has 0 fully saturated rings. The van der Waals surface area contributed by atoms with Crippen LogP contribution in [-0.4, -0.2) is 27.9 Å². The summed E-state index contributed by atoms with van der Waals surface area (Å²) >= 11 is 1.13. The summed E-state index contributed by atoms with van der Waals surface area (Å²) < 4.78 is 1.49. The minimum Gasteiger partial charge on any atom is -0.351 e. The Hall–Kier alpha value is -3.78. The third-order valence-electron chi connectivity index (χ3n) is 4.49. The molecule has 2 N–H and O–H groups in total. The first-order valence-electron chi connectivity index (χ1n) is 10.1. The van der Waals surface area contributed by atoms with Gasteiger partial charge in [0.1, 0.15) is 4.88 Å². The fraction of sp³-hybridized carbons (Fsp3) is 0.167. The van der Waals surface area contributed by atoms with Crippen LogP contribution in [0.1, 0.15) is 39.1 Å². The zero-order valence-corrected chi connectivity index (χ0v) is 18.7. The van der Waals surface area contributed by atoms with E-state index in [2.05, 4.69) is 15.6 Å². The van der Waals surface area contributed by atoms with E-state index in [1.54, 1.807) is 49.5 Å². The Bertz CT molecular complexity index is 1210. The van der Waals surface area contributed by atoms with E-state index in [9.17, 15) is 14.4 Å². The number of benzene rings is 1. The number of amides is 2. The van der Waals surface area contributed by atoms with Crippen LogP contribution in [0.4, 0.5) is 5.13 Å². The molecule has 0 spiro atoms. The highest BCUT2D eigenvalue weighted by Crippen LogP contribution is 2.23. The second-order valence-electron chi connectivity index (χ2n) is 6.84. The summed E-state index contributed by atoms with van der Waals surface area (Å²) in [7, 11) is 0. The third kappa shape index (κ3) is 5.89. The van der Waals surface area contributed by atoms with Crippen molar-refractivity contribution in [1.82, 2.24) is 14.9 Å². The Balaban J connectivity index is 1.61. The molecule has 8 heteroatoms. The van der Waals surface area contributed by atoms with E-state index >= 15 is 0 Å². The number of anilines is 1. The molecule has 0 aliphatic carbocycles. The number of aromatic nitrogens is 2. The predicted molar refractivity (Wildman–Crippen MR) is 128 cm³/mol. The van der Waals surface area contributed by atoms with Crippen molar-refractivity contribution in [2.45, 2.75) is 20.3 Å². The lowest BCUT2D eigenvalue weighted by molar-refractivity contribution is 0.0956. The molecule has 0 saturated carbocycles. The molecule has 3 aromatic rings. The largest absolute Gasteiger partial charge is 0.351 e. The van der Waals surface area contributed by atoms with E-state index in [-0.39, 0.29) is 17.4 Å². The van der Waals surface area contributed by atoms with Gasteiger partial charge in [-0.15, -0.1) is 0 Å². The van der Waals surface area contributed by atoms with Crippen molar-refractivity contribution in [2.24, 2.45) is 0 Å². The number of thiazole rings is 1. The molecule has 7 nitrogen and oxygen atoms in total. The Labute approximate surface area is 190 Å². The Morgan fingerprint density at radius 2 is 1.88 bits per heavy atom. The second-order valence-corrected chi connectivity index (χ2v) is 7.84. The number of carbonyl (C=O) groups excluding carboxylic acids is 2. The zero-order valence-electron chi connectivity index (χ0n) is 17.9. The summed E-state index contributed by atoms with van der Waals surface area (Å²) in [6.07, 6.45) is 10.2. The van der Waals surface area contributed by atoms with Crippen LogP contribution in [0.25, 0.3) is 5.69 Å². The minimum absolute atomic E-state index is 0.150. The minimum atomic E-state index is -0.341. The maximum atomic E-state index is 12.6. The first-order valence-corrected chi connectivity index (χ1v) is 10.9. The van der Waals surface area contributed by atoms with Gasteiger partial charge in [-0.1, -0.05) is 41.7 Å². The van der Waals surface area contributed by atoms with Crippen LogP contribution in [0.3, 0.4) is 0 Å². The van der Waals surface area contributed by atoms with E-state index < -0.39 is 0 Å². The number of aryl methyl sites for hydroxylation is 1. The summed E-state index contributed by atoms with van der Waals surface area (Å²) in [4.78, 5) is 41.7. The Morgan fingerprint density at radius 1 is 1.09 bits per heavy atom. The Kier molecular flexibility index (Phi) is 7.88. The standard InChI is InChI=1S/C24H24N4O3S/c1-3-4-5-6-8-15-25-23(31)21-17(2)26-24(32-21)27-22(30)18-11-13-19(14-12-18)28-16-9-7-10-20(28)29/h3-7,9-14,16H,8,15H2,1-2H3,(H,25,31)(H,26,27,30)/b4-3-,6-5-. The van der Waals surface area contributed by atoms with Crippen LogP contribution in [0.15, 0.2) is 77.8 Å². The van der Waals surface area contributed by atoms with E-state index in [1.165, 1.54) is 10.6 Å². The van der Waals surface area contributed by atoms with E-state index in [0.717, 1.165) is 17.8 Å². The van der Waals surface area contributed by atoms with Crippen molar-refractivity contribution in [3.8, 4) is 5.69 Å². The van der Waals surface area contributed by atoms with Gasteiger partial charge in [-0.3, -0.25) is 24.3 Å². The highest BCUT2D eigenvalue weighted by Gasteiger charge is 2.17. The molecule has 0 atom stereocenters. The van der Waals surface area contributed by atoms with Crippen LogP contribution >= 0.6 is 11.3 Å². The molecule has 32 heavy (non-hydrogen) atoms. The number of hydrogen-bond donors (Lipinski definition) is 2. The molecular weight excluding hydrogens is 424 g/mol. The predicted octanol–water partition coefficient (Wildman–Crippen LogP) is 4.11. The first-order chi connectivity index (χ1) is 15.5. The average molecular weight is 449 g/mol. The number of rotatable bonds is 8. The molecule has 164 valence electrons. The van der Waals surface area contributed by atoms with Crippen LogP contribution < -0.4 is 16.2 Å². The molecule has 0 saturated heterocycles. The summed E-state index contributed by atoms with van der Waals surface area (Å²) in [5, 5.41) is 5.95. The molecule has 2 aromatic heterocycles. The van der Waals surface area contributed by atoms with Gasteiger partial charge in [-0.2, -0.15) is 0 Å². The number of hydrogen-bond acceptors (Lipinski definition) is 5. The number of nitrogens with zero attached hydrogens (tertiary/aromatic N) is 2. The maximum Gasteiger partial charge on any atom is 0.263 e. The van der Waals surface area contributed by atoms with Gasteiger partial charge in [0.05, 0.1) is 5.69 Å². The normalized spacial score (nSPS) is 11.2. The lowest BCUT2D eigenvalue weighted by Crippen LogP contribution is -2.23. The molecule has 0 bridgehead atoms. The van der Waals surface area contributed by atoms with Gasteiger partial charge >= 0.3 is 0 Å². The highest BCUT2D eigenvalue weighted by molar-refractivity contribution is 7.17. The number of nitrogens with one attached hydrogen (secondary N) is 2. The summed E-state index contributed by atoms with van der Waals surface area (Å²) in [6.45, 7) is 4.19. The van der Waals surface area contributed by atoms with E-state index in [0.29, 0.717) is 33.5 Å². The Morgan fingerprint density at radius 3 is 2.59 bits per heavy atom. The summed E-state index contributed by atoms with van der Waals surface area (Å²) in [6, 6.07) is 11.6. The lowest BCUT2D eigenvalue weighted by atomic mass is 10.2. The van der Waals surface area contributed by atoms with Crippen molar-refractivity contribution < 1.29 is 9.59 Å². The topological polar surface area (TPSA) is 93.1 Å². The van der Waals surface area contributed by atoms with Crippen LogP contribution in [0.5, 0.6) is 0 Å².